The molecule has 2 rings (SSSR count). The number of amides is 1. The highest BCUT2D eigenvalue weighted by Gasteiger charge is 2.31. The van der Waals surface area contributed by atoms with E-state index < -0.39 is 15.7 Å². The van der Waals surface area contributed by atoms with Gasteiger partial charge in [0.1, 0.15) is 17.4 Å². The zero-order valence-corrected chi connectivity index (χ0v) is 17.2. The van der Waals surface area contributed by atoms with Crippen molar-refractivity contribution in [2.75, 3.05) is 44.0 Å². The number of hydrogen-bond acceptors (Lipinski definition) is 7. The molecule has 0 aliphatic carbocycles. The molecule has 1 aromatic rings. The van der Waals surface area contributed by atoms with Crippen LogP contribution in [-0.4, -0.2) is 74.0 Å². The van der Waals surface area contributed by atoms with Gasteiger partial charge in [0.25, 0.3) is 5.91 Å². The molecule has 1 saturated heterocycles. The van der Waals surface area contributed by atoms with E-state index in [4.69, 9.17) is 0 Å². The van der Waals surface area contributed by atoms with Gasteiger partial charge in [-0.2, -0.15) is 5.26 Å². The van der Waals surface area contributed by atoms with E-state index in [1.54, 1.807) is 17.9 Å². The van der Waals surface area contributed by atoms with Crippen LogP contribution in [0.4, 0.5) is 5.69 Å². The van der Waals surface area contributed by atoms with Gasteiger partial charge in [0, 0.05) is 31.0 Å². The Kier molecular flexibility index (Phi) is 7.05. The lowest BCUT2D eigenvalue weighted by Crippen LogP contribution is -2.37. The first-order valence-electron chi connectivity index (χ1n) is 8.95. The van der Waals surface area contributed by atoms with Crippen molar-refractivity contribution in [3.63, 3.8) is 0 Å². The predicted molar refractivity (Wildman–Crippen MR) is 107 cm³/mol. The molecule has 152 valence electrons. The fourth-order valence-corrected chi connectivity index (χ4v) is 4.73. The quantitative estimate of drug-likeness (QED) is 0.396. The highest BCUT2D eigenvalue weighted by molar-refractivity contribution is 7.91. The standard InChI is InChI=1S/C19H26N4O4S/c1-14-10-17(24)4-5-18(14)21-19(25)15(11-20)12-23(8-7-22(2)3)16-6-9-28(26,27)13-16/h4-5,10,12,16,24H,6-9,13H2,1-3H3,(H,21,25)/b15-12-. The number of sulfone groups is 1. The molecule has 1 fully saturated rings. The minimum atomic E-state index is -3.09. The SMILES string of the molecule is Cc1cc(O)ccc1NC(=O)/C(C#N)=C\N(CCN(C)C)C1CCS(=O)(=O)C1. The van der Waals surface area contributed by atoms with Crippen molar-refractivity contribution in [1.82, 2.24) is 9.80 Å². The molecular weight excluding hydrogens is 380 g/mol. The molecule has 1 heterocycles. The first kappa shape index (κ1) is 21.7. The Bertz CT molecular complexity index is 903. The van der Waals surface area contributed by atoms with E-state index in [1.165, 1.54) is 18.3 Å². The van der Waals surface area contributed by atoms with Gasteiger partial charge in [0.05, 0.1) is 11.5 Å². The number of carbonyl (C=O) groups excluding carboxylic acids is 1. The lowest BCUT2D eigenvalue weighted by Gasteiger charge is -2.28. The third kappa shape index (κ3) is 5.97. The monoisotopic (exact) mass is 406 g/mol. The van der Waals surface area contributed by atoms with Gasteiger partial charge in [0.2, 0.25) is 0 Å². The van der Waals surface area contributed by atoms with Crippen LogP contribution in [0.1, 0.15) is 12.0 Å². The summed E-state index contributed by atoms with van der Waals surface area (Å²) in [5, 5.41) is 21.6. The Morgan fingerprint density at radius 3 is 2.64 bits per heavy atom. The van der Waals surface area contributed by atoms with Crippen LogP contribution in [0.5, 0.6) is 5.75 Å². The van der Waals surface area contributed by atoms with E-state index >= 15 is 0 Å². The van der Waals surface area contributed by atoms with Crippen LogP contribution in [0.3, 0.4) is 0 Å². The van der Waals surface area contributed by atoms with Gasteiger partial charge in [-0.1, -0.05) is 0 Å². The molecule has 0 spiro atoms. The van der Waals surface area contributed by atoms with Crippen molar-refractivity contribution in [3.8, 4) is 11.8 Å². The van der Waals surface area contributed by atoms with E-state index in [2.05, 4.69) is 5.32 Å². The number of likely N-dealkylation sites (N-methyl/N-ethyl adjacent to an activating group) is 1. The van der Waals surface area contributed by atoms with Gasteiger partial charge < -0.3 is 20.2 Å². The largest absolute Gasteiger partial charge is 0.508 e. The van der Waals surface area contributed by atoms with Gasteiger partial charge in [0.15, 0.2) is 9.84 Å². The number of rotatable bonds is 7. The molecule has 1 atom stereocenters. The number of benzene rings is 1. The lowest BCUT2D eigenvalue weighted by atomic mass is 10.1. The Hall–Kier alpha value is -2.57. The summed E-state index contributed by atoms with van der Waals surface area (Å²) in [6.07, 6.45) is 1.93. The summed E-state index contributed by atoms with van der Waals surface area (Å²) in [5.41, 5.74) is 1.06. The number of nitrogens with zero attached hydrogens (tertiary/aromatic N) is 3. The van der Waals surface area contributed by atoms with Crippen LogP contribution < -0.4 is 5.32 Å². The third-order valence-corrected chi connectivity index (χ3v) is 6.35. The van der Waals surface area contributed by atoms with Crippen LogP contribution in [-0.2, 0) is 14.6 Å². The topological polar surface area (TPSA) is 114 Å². The minimum Gasteiger partial charge on any atom is -0.508 e. The van der Waals surface area contributed by atoms with Crippen molar-refractivity contribution in [2.24, 2.45) is 0 Å². The average molecular weight is 407 g/mol. The highest BCUT2D eigenvalue weighted by atomic mass is 32.2. The molecule has 0 bridgehead atoms. The van der Waals surface area contributed by atoms with Gasteiger partial charge in [-0.3, -0.25) is 4.79 Å². The zero-order valence-electron chi connectivity index (χ0n) is 16.3. The molecule has 1 amide bonds. The molecule has 1 aliphatic heterocycles. The molecular formula is C19H26N4O4S. The minimum absolute atomic E-state index is 0.0221. The van der Waals surface area contributed by atoms with E-state index in [-0.39, 0.29) is 28.9 Å². The van der Waals surface area contributed by atoms with Crippen LogP contribution in [0.15, 0.2) is 30.0 Å². The van der Waals surface area contributed by atoms with Crippen molar-refractivity contribution in [1.29, 1.82) is 5.26 Å². The number of hydrogen-bond donors (Lipinski definition) is 2. The fourth-order valence-electron chi connectivity index (χ4n) is 2.99. The first-order valence-corrected chi connectivity index (χ1v) is 10.8. The zero-order chi connectivity index (χ0) is 20.9. The fraction of sp³-hybridized carbons (Fsp3) is 0.474. The van der Waals surface area contributed by atoms with E-state index in [9.17, 15) is 23.6 Å². The maximum absolute atomic E-state index is 12.6. The maximum Gasteiger partial charge on any atom is 0.267 e. The highest BCUT2D eigenvalue weighted by Crippen LogP contribution is 2.22. The van der Waals surface area contributed by atoms with Crippen LogP contribution in [0, 0.1) is 18.3 Å². The third-order valence-electron chi connectivity index (χ3n) is 4.60. The molecule has 0 aromatic heterocycles. The summed E-state index contributed by atoms with van der Waals surface area (Å²) in [7, 11) is 0.711. The number of aryl methyl sites for hydroxylation is 1. The van der Waals surface area contributed by atoms with Gasteiger partial charge in [-0.15, -0.1) is 0 Å². The second kappa shape index (κ2) is 9.08. The van der Waals surface area contributed by atoms with Gasteiger partial charge in [-0.25, -0.2) is 8.42 Å². The van der Waals surface area contributed by atoms with Crippen molar-refractivity contribution in [2.45, 2.75) is 19.4 Å². The Morgan fingerprint density at radius 2 is 2.11 bits per heavy atom. The van der Waals surface area contributed by atoms with Crippen LogP contribution in [0.2, 0.25) is 0 Å². The number of carbonyl (C=O) groups is 1. The number of aromatic hydroxyl groups is 1. The van der Waals surface area contributed by atoms with Crippen molar-refractivity contribution >= 4 is 21.4 Å². The molecule has 1 aliphatic rings. The summed E-state index contributed by atoms with van der Waals surface area (Å²) >= 11 is 0. The van der Waals surface area contributed by atoms with Crippen LogP contribution in [0.25, 0.3) is 0 Å². The molecule has 28 heavy (non-hydrogen) atoms. The van der Waals surface area contributed by atoms with Crippen molar-refractivity contribution < 1.29 is 18.3 Å². The van der Waals surface area contributed by atoms with Gasteiger partial charge >= 0.3 is 0 Å². The Balaban J connectivity index is 2.22. The van der Waals surface area contributed by atoms with Crippen LogP contribution >= 0.6 is 0 Å². The van der Waals surface area contributed by atoms with Gasteiger partial charge in [-0.05, 0) is 51.2 Å². The molecule has 0 saturated carbocycles. The molecule has 8 nitrogen and oxygen atoms in total. The molecule has 1 aromatic carbocycles. The second-order valence-corrected chi connectivity index (χ2v) is 9.43. The molecule has 1 unspecified atom stereocenters. The molecule has 9 heteroatoms. The number of nitriles is 1. The number of phenolic OH excluding ortho intramolecular Hbond substituents is 1. The smallest absolute Gasteiger partial charge is 0.267 e. The number of nitrogens with one attached hydrogen (secondary N) is 1. The second-order valence-electron chi connectivity index (χ2n) is 7.21. The van der Waals surface area contributed by atoms with E-state index in [0.29, 0.717) is 30.8 Å². The Morgan fingerprint density at radius 1 is 1.39 bits per heavy atom. The number of phenols is 1. The van der Waals surface area contributed by atoms with Crippen molar-refractivity contribution in [3.05, 3.63) is 35.5 Å². The summed E-state index contributed by atoms with van der Waals surface area (Å²) in [4.78, 5) is 16.3. The summed E-state index contributed by atoms with van der Waals surface area (Å²) in [6.45, 7) is 2.90. The molecule has 0 radical (unpaired) electrons. The average Bonchev–Trinajstić information content (AvgIpc) is 2.97. The van der Waals surface area contributed by atoms with E-state index in [1.807, 2.05) is 25.1 Å². The number of anilines is 1. The Labute approximate surface area is 166 Å². The normalized spacial score (nSPS) is 18.7. The summed E-state index contributed by atoms with van der Waals surface area (Å²) in [5.74, 6) is -0.352. The maximum atomic E-state index is 12.6. The summed E-state index contributed by atoms with van der Waals surface area (Å²) in [6, 6.07) is 6.18. The first-order chi connectivity index (χ1) is 13.1. The summed E-state index contributed by atoms with van der Waals surface area (Å²) < 4.78 is 23.7. The lowest BCUT2D eigenvalue weighted by molar-refractivity contribution is -0.112. The van der Waals surface area contributed by atoms with E-state index in [0.717, 1.165) is 0 Å². The predicted octanol–water partition coefficient (Wildman–Crippen LogP) is 1.10. The molecule has 2 N–H and O–H groups in total.